The molecular formula is C11H10F3NO2S. The minimum absolute atomic E-state index is 0.0777. The Morgan fingerprint density at radius 1 is 1.33 bits per heavy atom. The maximum absolute atomic E-state index is 12.8. The smallest absolute Gasteiger partial charge is 0.372 e. The highest BCUT2D eigenvalue weighted by molar-refractivity contribution is 7.94. The van der Waals surface area contributed by atoms with E-state index in [1.807, 2.05) is 6.04 Å². The van der Waals surface area contributed by atoms with Crippen LogP contribution in [0.2, 0.25) is 0 Å². The van der Waals surface area contributed by atoms with Crippen molar-refractivity contribution < 1.29 is 22.1 Å². The third kappa shape index (κ3) is 3.24. The summed E-state index contributed by atoms with van der Waals surface area (Å²) in [4.78, 5) is -0.413. The van der Waals surface area contributed by atoms with E-state index in [0.717, 1.165) is 12.1 Å². The van der Waals surface area contributed by atoms with E-state index < -0.39 is 20.1 Å². The molecule has 7 heteroatoms. The van der Waals surface area contributed by atoms with E-state index >= 15 is 0 Å². The first-order valence-corrected chi connectivity index (χ1v) is 6.27. The maximum atomic E-state index is 12.8. The Morgan fingerprint density at radius 2 is 1.94 bits per heavy atom. The van der Waals surface area contributed by atoms with Gasteiger partial charge in [0.25, 0.3) is 0 Å². The Hall–Kier alpha value is -1.52. The largest absolute Gasteiger partial charge is 0.484 e. The van der Waals surface area contributed by atoms with Gasteiger partial charge in [-0.05, 0) is 18.1 Å². The molecule has 0 heterocycles. The van der Waals surface area contributed by atoms with Gasteiger partial charge in [0.15, 0.2) is 9.73 Å². The highest BCUT2D eigenvalue weighted by atomic mass is 32.2. The van der Waals surface area contributed by atoms with Gasteiger partial charge in [-0.3, -0.25) is 0 Å². The zero-order valence-electron chi connectivity index (χ0n) is 9.40. The Morgan fingerprint density at radius 3 is 2.44 bits per heavy atom. The Labute approximate surface area is 103 Å². The van der Waals surface area contributed by atoms with Crippen molar-refractivity contribution >= 4 is 9.73 Å². The lowest BCUT2D eigenvalue weighted by Gasteiger charge is -2.11. The van der Waals surface area contributed by atoms with Gasteiger partial charge in [-0.15, -0.1) is 4.36 Å². The quantitative estimate of drug-likeness (QED) is 0.779. The monoisotopic (exact) mass is 277 g/mol. The molecule has 0 aliphatic rings. The van der Waals surface area contributed by atoms with Gasteiger partial charge in [0.05, 0.1) is 4.90 Å². The lowest BCUT2D eigenvalue weighted by Crippen LogP contribution is -2.22. The third-order valence-corrected chi connectivity index (χ3v) is 3.73. The molecule has 0 N–H and O–H groups in total. The Balaban J connectivity index is 3.32. The zero-order valence-corrected chi connectivity index (χ0v) is 10.2. The van der Waals surface area contributed by atoms with Crippen LogP contribution in [0.1, 0.15) is 0 Å². The predicted molar refractivity (Wildman–Crippen MR) is 61.0 cm³/mol. The van der Waals surface area contributed by atoms with Gasteiger partial charge in [0, 0.05) is 13.2 Å². The molecule has 1 aromatic carbocycles. The van der Waals surface area contributed by atoms with Crippen molar-refractivity contribution in [3.05, 3.63) is 30.3 Å². The van der Waals surface area contributed by atoms with Crippen LogP contribution >= 0.6 is 0 Å². The number of halogens is 3. The summed E-state index contributed by atoms with van der Waals surface area (Å²) in [7, 11) is -3.23. The van der Waals surface area contributed by atoms with Crippen LogP contribution in [0, 0.1) is 12.0 Å². The van der Waals surface area contributed by atoms with Crippen molar-refractivity contribution in [2.75, 3.05) is 13.7 Å². The minimum atomic E-state index is -4.98. The second kappa shape index (κ2) is 5.89. The summed E-state index contributed by atoms with van der Waals surface area (Å²) in [6.45, 7) is -0.0777. The molecule has 1 atom stereocenters. The summed E-state index contributed by atoms with van der Waals surface area (Å²) in [6.07, 6.45) is 0. The second-order valence-electron chi connectivity index (χ2n) is 3.10. The number of rotatable bonds is 2. The third-order valence-electron chi connectivity index (χ3n) is 1.85. The zero-order chi connectivity index (χ0) is 13.6. The Kier molecular flexibility index (Phi) is 4.76. The van der Waals surface area contributed by atoms with Crippen LogP contribution in [0.3, 0.4) is 0 Å². The molecule has 1 unspecified atom stereocenters. The van der Waals surface area contributed by atoms with Crippen LogP contribution in [-0.2, 0) is 14.5 Å². The van der Waals surface area contributed by atoms with Gasteiger partial charge in [-0.1, -0.05) is 18.2 Å². The first-order chi connectivity index (χ1) is 8.42. The molecule has 0 saturated carbocycles. The van der Waals surface area contributed by atoms with E-state index in [2.05, 4.69) is 15.0 Å². The van der Waals surface area contributed by atoms with E-state index in [1.54, 1.807) is 0 Å². The molecule has 0 aliphatic carbocycles. The lowest BCUT2D eigenvalue weighted by atomic mass is 10.4. The average molecular weight is 277 g/mol. The summed E-state index contributed by atoms with van der Waals surface area (Å²) >= 11 is 0. The molecule has 0 aromatic heterocycles. The van der Waals surface area contributed by atoms with Crippen molar-refractivity contribution in [3.8, 4) is 12.0 Å². The summed E-state index contributed by atoms with van der Waals surface area (Å²) in [5.74, 6) is 2.21. The maximum Gasteiger partial charge on any atom is 0.484 e. The number of hydrogen-bond donors (Lipinski definition) is 0. The van der Waals surface area contributed by atoms with Gasteiger partial charge < -0.3 is 4.74 Å². The van der Waals surface area contributed by atoms with Gasteiger partial charge in [0.2, 0.25) is 0 Å². The van der Waals surface area contributed by atoms with E-state index in [9.17, 15) is 17.4 Å². The van der Waals surface area contributed by atoms with Crippen molar-refractivity contribution in [2.24, 2.45) is 4.36 Å². The van der Waals surface area contributed by atoms with E-state index in [-0.39, 0.29) is 6.61 Å². The average Bonchev–Trinajstić information content (AvgIpc) is 2.34. The fourth-order valence-electron chi connectivity index (χ4n) is 1.04. The molecule has 0 amide bonds. The standard InChI is InChI=1S/C11H10F3NO2S/c1-17-9-5-8-15-18(16,11(12,13)14)10-6-3-2-4-7-10/h2-4,6-7H,9H2,1H3. The number of alkyl halides is 3. The van der Waals surface area contributed by atoms with E-state index in [1.165, 1.54) is 25.3 Å². The SMILES string of the molecule is COCC#CN=S(=O)(c1ccccc1)C(F)(F)F. The van der Waals surface area contributed by atoms with Crippen LogP contribution in [0.25, 0.3) is 0 Å². The number of methoxy groups -OCH3 is 1. The number of hydrogen-bond acceptors (Lipinski definition) is 3. The van der Waals surface area contributed by atoms with Crippen LogP contribution in [0.4, 0.5) is 13.2 Å². The van der Waals surface area contributed by atoms with Crippen molar-refractivity contribution in [1.82, 2.24) is 0 Å². The number of benzene rings is 1. The summed E-state index contributed by atoms with van der Waals surface area (Å²) in [5, 5.41) is 0. The van der Waals surface area contributed by atoms with Crippen LogP contribution < -0.4 is 0 Å². The number of ether oxygens (including phenoxy) is 1. The predicted octanol–water partition coefficient (Wildman–Crippen LogP) is 2.64. The molecule has 0 radical (unpaired) electrons. The minimum Gasteiger partial charge on any atom is -0.372 e. The molecule has 0 fully saturated rings. The molecule has 18 heavy (non-hydrogen) atoms. The van der Waals surface area contributed by atoms with Crippen LogP contribution in [0.15, 0.2) is 39.6 Å². The van der Waals surface area contributed by atoms with Gasteiger partial charge in [0.1, 0.15) is 6.61 Å². The molecule has 98 valence electrons. The fourth-order valence-corrected chi connectivity index (χ4v) is 2.24. The normalized spacial score (nSPS) is 14.2. The number of nitrogens with zero attached hydrogens (tertiary/aromatic N) is 1. The van der Waals surface area contributed by atoms with E-state index in [0.29, 0.717) is 0 Å². The van der Waals surface area contributed by atoms with Gasteiger partial charge >= 0.3 is 5.51 Å². The van der Waals surface area contributed by atoms with Gasteiger partial charge in [-0.2, -0.15) is 13.2 Å². The molecule has 1 aromatic rings. The first-order valence-electron chi connectivity index (χ1n) is 4.76. The molecule has 1 rings (SSSR count). The van der Waals surface area contributed by atoms with E-state index in [4.69, 9.17) is 0 Å². The van der Waals surface area contributed by atoms with Crippen LogP contribution in [-0.4, -0.2) is 23.4 Å². The summed E-state index contributed by atoms with van der Waals surface area (Å²) in [6, 6.07) is 8.35. The van der Waals surface area contributed by atoms with Crippen LogP contribution in [0.5, 0.6) is 0 Å². The molecule has 3 nitrogen and oxygen atoms in total. The highest BCUT2D eigenvalue weighted by Gasteiger charge is 2.44. The molecular weight excluding hydrogens is 267 g/mol. The molecule has 0 saturated heterocycles. The Bertz CT molecular complexity index is 563. The van der Waals surface area contributed by atoms with Gasteiger partial charge in [-0.25, -0.2) is 4.21 Å². The fraction of sp³-hybridized carbons (Fsp3) is 0.273. The highest BCUT2D eigenvalue weighted by Crippen LogP contribution is 2.32. The first kappa shape index (κ1) is 14.5. The molecule has 0 spiro atoms. The molecule has 0 aliphatic heterocycles. The second-order valence-corrected chi connectivity index (χ2v) is 5.27. The topological polar surface area (TPSA) is 38.7 Å². The lowest BCUT2D eigenvalue weighted by molar-refractivity contribution is -0.0402. The summed E-state index contributed by atoms with van der Waals surface area (Å²) in [5.41, 5.74) is -4.98. The molecule has 0 bridgehead atoms. The van der Waals surface area contributed by atoms with Crippen molar-refractivity contribution in [1.29, 1.82) is 0 Å². The van der Waals surface area contributed by atoms with Crippen molar-refractivity contribution in [3.63, 3.8) is 0 Å². The van der Waals surface area contributed by atoms with Crippen molar-refractivity contribution in [2.45, 2.75) is 10.4 Å². The summed E-state index contributed by atoms with van der Waals surface area (Å²) < 4.78 is 58.0.